The maximum Gasteiger partial charge on any atom is 0.326 e. The molecule has 26 heavy (non-hydrogen) atoms. The van der Waals surface area contributed by atoms with Crippen LogP contribution < -0.4 is 0 Å². The summed E-state index contributed by atoms with van der Waals surface area (Å²) in [5, 5.41) is 0. The van der Waals surface area contributed by atoms with Gasteiger partial charge >= 0.3 is 6.03 Å². The first kappa shape index (κ1) is 16.8. The lowest BCUT2D eigenvalue weighted by atomic mass is 9.74. The van der Waals surface area contributed by atoms with Gasteiger partial charge in [-0.3, -0.25) is 14.5 Å². The number of urea groups is 1. The van der Waals surface area contributed by atoms with Crippen LogP contribution >= 0.6 is 0 Å². The molecule has 1 aromatic rings. The summed E-state index contributed by atoms with van der Waals surface area (Å²) >= 11 is 0. The van der Waals surface area contributed by atoms with Crippen LogP contribution in [0.3, 0.4) is 0 Å². The van der Waals surface area contributed by atoms with Crippen molar-refractivity contribution >= 4 is 23.9 Å². The molecule has 0 radical (unpaired) electrons. The third kappa shape index (κ3) is 2.43. The molecule has 6 nitrogen and oxygen atoms in total. The van der Waals surface area contributed by atoms with Gasteiger partial charge < -0.3 is 9.80 Å². The van der Waals surface area contributed by atoms with Crippen molar-refractivity contribution < 1.29 is 14.4 Å². The van der Waals surface area contributed by atoms with E-state index in [1.165, 1.54) is 23.1 Å². The molecule has 3 aliphatic rings. The number of carbonyl (C=O) groups is 3. The van der Waals surface area contributed by atoms with E-state index in [1.807, 2.05) is 11.0 Å². The fourth-order valence-corrected chi connectivity index (χ4v) is 4.40. The molecule has 4 rings (SSSR count). The Morgan fingerprint density at radius 2 is 1.85 bits per heavy atom. The highest BCUT2D eigenvalue weighted by molar-refractivity contribution is 6.05. The number of likely N-dealkylation sites (N-methyl/N-ethyl adjacent to an activating group) is 2. The van der Waals surface area contributed by atoms with Crippen molar-refractivity contribution in [1.29, 1.82) is 0 Å². The SMILES string of the molecule is CN1C(=O)[C@@H](CC(=O)N2CCC3(C=Cc4ccccc43)CC2)N(C)C1=O. The standard InChI is InChI=1S/C20H23N3O3/c1-21-16(18(25)22(2)19(21)26)13-17(24)23-11-9-20(10-12-23)8-7-14-5-3-4-6-15(14)20/h3-8,16H,9-13H2,1-2H3/t16-/m1/s1. The average Bonchev–Trinajstić information content (AvgIpc) is 3.10. The van der Waals surface area contributed by atoms with Crippen LogP contribution in [-0.4, -0.2) is 65.8 Å². The van der Waals surface area contributed by atoms with E-state index >= 15 is 0 Å². The summed E-state index contributed by atoms with van der Waals surface area (Å²) in [5.41, 5.74) is 2.65. The van der Waals surface area contributed by atoms with Crippen LogP contribution in [0.1, 0.15) is 30.4 Å². The smallest absolute Gasteiger partial charge is 0.326 e. The van der Waals surface area contributed by atoms with E-state index in [0.717, 1.165) is 17.7 Å². The molecule has 0 bridgehead atoms. The molecule has 1 aliphatic carbocycles. The number of likely N-dealkylation sites (tertiary alicyclic amines) is 1. The van der Waals surface area contributed by atoms with E-state index in [-0.39, 0.29) is 29.7 Å². The van der Waals surface area contributed by atoms with Gasteiger partial charge in [-0.05, 0) is 24.0 Å². The van der Waals surface area contributed by atoms with Crippen LogP contribution in [-0.2, 0) is 15.0 Å². The normalized spacial score (nSPS) is 23.9. The minimum atomic E-state index is -0.678. The number of allylic oxidation sites excluding steroid dienone is 1. The number of piperidine rings is 1. The van der Waals surface area contributed by atoms with Gasteiger partial charge in [-0.25, -0.2) is 4.79 Å². The molecule has 0 unspecified atom stereocenters. The summed E-state index contributed by atoms with van der Waals surface area (Å²) in [5.74, 6) is -0.351. The Morgan fingerprint density at radius 1 is 1.15 bits per heavy atom. The highest BCUT2D eigenvalue weighted by Gasteiger charge is 2.44. The van der Waals surface area contributed by atoms with Crippen LogP contribution in [0.25, 0.3) is 6.08 Å². The van der Waals surface area contributed by atoms with Crippen molar-refractivity contribution in [2.24, 2.45) is 0 Å². The quantitative estimate of drug-likeness (QED) is 0.763. The fourth-order valence-electron chi connectivity index (χ4n) is 4.40. The highest BCUT2D eigenvalue weighted by atomic mass is 16.2. The van der Waals surface area contributed by atoms with Gasteiger partial charge in [-0.15, -0.1) is 0 Å². The molecule has 2 heterocycles. The molecule has 1 atom stereocenters. The molecule has 0 aromatic heterocycles. The number of rotatable bonds is 2. The third-order valence-electron chi connectivity index (χ3n) is 6.13. The molecule has 1 aromatic carbocycles. The van der Waals surface area contributed by atoms with Gasteiger partial charge in [0.2, 0.25) is 5.91 Å². The Balaban J connectivity index is 1.42. The van der Waals surface area contributed by atoms with Crippen molar-refractivity contribution in [1.82, 2.24) is 14.7 Å². The molecule has 6 heteroatoms. The zero-order valence-electron chi connectivity index (χ0n) is 15.1. The number of hydrogen-bond acceptors (Lipinski definition) is 3. The zero-order chi connectivity index (χ0) is 18.5. The Bertz CT molecular complexity index is 808. The van der Waals surface area contributed by atoms with Crippen molar-refractivity contribution in [2.45, 2.75) is 30.7 Å². The second-order valence-electron chi connectivity index (χ2n) is 7.47. The van der Waals surface area contributed by atoms with Gasteiger partial charge in [0.25, 0.3) is 5.91 Å². The molecular weight excluding hydrogens is 330 g/mol. The van der Waals surface area contributed by atoms with Gasteiger partial charge in [0.15, 0.2) is 0 Å². The summed E-state index contributed by atoms with van der Waals surface area (Å²) in [6.45, 7) is 1.35. The van der Waals surface area contributed by atoms with Gasteiger partial charge in [0.05, 0.1) is 6.42 Å². The molecule has 2 aliphatic heterocycles. The van der Waals surface area contributed by atoms with Crippen LogP contribution in [0.2, 0.25) is 0 Å². The maximum atomic E-state index is 12.7. The van der Waals surface area contributed by atoms with E-state index in [0.29, 0.717) is 13.1 Å². The second-order valence-corrected chi connectivity index (χ2v) is 7.47. The highest BCUT2D eigenvalue weighted by Crippen LogP contribution is 2.43. The average molecular weight is 353 g/mol. The number of fused-ring (bicyclic) bond motifs is 2. The number of carbonyl (C=O) groups excluding carboxylic acids is 3. The predicted octanol–water partition coefficient (Wildman–Crippen LogP) is 1.86. The second kappa shape index (κ2) is 5.97. The molecule has 4 amide bonds. The molecule has 0 saturated carbocycles. The topological polar surface area (TPSA) is 60.9 Å². The van der Waals surface area contributed by atoms with E-state index < -0.39 is 6.04 Å². The summed E-state index contributed by atoms with van der Waals surface area (Å²) in [7, 11) is 3.04. The predicted molar refractivity (Wildman–Crippen MR) is 97.3 cm³/mol. The fraction of sp³-hybridized carbons (Fsp3) is 0.450. The summed E-state index contributed by atoms with van der Waals surface area (Å²) in [6, 6.07) is 7.41. The minimum absolute atomic E-state index is 0.0313. The largest absolute Gasteiger partial charge is 0.343 e. The van der Waals surface area contributed by atoms with Gasteiger partial charge in [0, 0.05) is 32.6 Å². The monoisotopic (exact) mass is 353 g/mol. The Labute approximate surface area is 153 Å². The Morgan fingerprint density at radius 3 is 2.50 bits per heavy atom. The number of hydrogen-bond donors (Lipinski definition) is 0. The number of benzene rings is 1. The van der Waals surface area contributed by atoms with Crippen LogP contribution in [0.15, 0.2) is 30.3 Å². The van der Waals surface area contributed by atoms with Gasteiger partial charge in [0.1, 0.15) is 6.04 Å². The summed E-state index contributed by atoms with van der Waals surface area (Å²) in [6.07, 6.45) is 6.30. The third-order valence-corrected chi connectivity index (χ3v) is 6.13. The first-order valence-electron chi connectivity index (χ1n) is 9.04. The van der Waals surface area contributed by atoms with Crippen molar-refractivity contribution in [3.63, 3.8) is 0 Å². The number of nitrogens with zero attached hydrogens (tertiary/aromatic N) is 3. The lowest BCUT2D eigenvalue weighted by molar-refractivity contribution is -0.137. The van der Waals surface area contributed by atoms with Crippen molar-refractivity contribution in [3.05, 3.63) is 41.5 Å². The number of imide groups is 1. The Hall–Kier alpha value is -2.63. The molecule has 2 fully saturated rings. The first-order chi connectivity index (χ1) is 12.4. The van der Waals surface area contributed by atoms with E-state index in [9.17, 15) is 14.4 Å². The van der Waals surface area contributed by atoms with Crippen LogP contribution in [0.4, 0.5) is 4.79 Å². The van der Waals surface area contributed by atoms with E-state index in [1.54, 1.807) is 7.05 Å². The summed E-state index contributed by atoms with van der Waals surface area (Å²) < 4.78 is 0. The van der Waals surface area contributed by atoms with Crippen LogP contribution in [0, 0.1) is 0 Å². The van der Waals surface area contributed by atoms with E-state index in [4.69, 9.17) is 0 Å². The minimum Gasteiger partial charge on any atom is -0.343 e. The maximum absolute atomic E-state index is 12.7. The van der Waals surface area contributed by atoms with Crippen molar-refractivity contribution in [2.75, 3.05) is 27.2 Å². The lowest BCUT2D eigenvalue weighted by Crippen LogP contribution is -2.46. The molecular formula is C20H23N3O3. The lowest BCUT2D eigenvalue weighted by Gasteiger charge is -2.39. The molecule has 0 N–H and O–H groups in total. The van der Waals surface area contributed by atoms with Crippen LogP contribution in [0.5, 0.6) is 0 Å². The summed E-state index contributed by atoms with van der Waals surface area (Å²) in [4.78, 5) is 41.0. The molecule has 136 valence electrons. The van der Waals surface area contributed by atoms with Gasteiger partial charge in [-0.1, -0.05) is 36.4 Å². The first-order valence-corrected chi connectivity index (χ1v) is 9.04. The Kier molecular flexibility index (Phi) is 3.86. The van der Waals surface area contributed by atoms with Gasteiger partial charge in [-0.2, -0.15) is 0 Å². The zero-order valence-corrected chi connectivity index (χ0v) is 15.1. The number of amides is 4. The molecule has 2 saturated heterocycles. The van der Waals surface area contributed by atoms with E-state index in [2.05, 4.69) is 30.4 Å². The van der Waals surface area contributed by atoms with Crippen molar-refractivity contribution in [3.8, 4) is 0 Å². The molecule has 1 spiro atoms.